The third-order valence-corrected chi connectivity index (χ3v) is 6.03. The number of methoxy groups -OCH3 is 1. The molecule has 0 bridgehead atoms. The molecule has 0 spiro atoms. The van der Waals surface area contributed by atoms with Crippen LogP contribution in [-0.2, 0) is 4.79 Å². The van der Waals surface area contributed by atoms with Crippen LogP contribution in [-0.4, -0.2) is 72.6 Å². The predicted molar refractivity (Wildman–Crippen MR) is 130 cm³/mol. The molecule has 0 saturated carbocycles. The number of rotatable bonds is 7. The largest absolute Gasteiger partial charge is 0.493 e. The smallest absolute Gasteiger partial charge is 0.236 e. The van der Waals surface area contributed by atoms with Gasteiger partial charge >= 0.3 is 0 Å². The summed E-state index contributed by atoms with van der Waals surface area (Å²) in [4.78, 5) is 24.4. The topological polar surface area (TPSA) is 79.8 Å². The molecule has 2 heterocycles. The Balaban J connectivity index is 1.60. The molecule has 1 N–H and O–H groups in total. The maximum Gasteiger partial charge on any atom is 0.236 e. The van der Waals surface area contributed by atoms with E-state index in [-0.39, 0.29) is 22.7 Å². The van der Waals surface area contributed by atoms with Crippen LogP contribution < -0.4 is 14.8 Å². The summed E-state index contributed by atoms with van der Waals surface area (Å²) in [5.41, 5.74) is 0.824. The van der Waals surface area contributed by atoms with Crippen molar-refractivity contribution in [1.29, 1.82) is 0 Å². The van der Waals surface area contributed by atoms with E-state index in [1.807, 2.05) is 0 Å². The minimum absolute atomic E-state index is 0.0173. The SMILES string of the molecule is COc1cc2ncnc(Nc3cccc(Cl)c3F)c2cc1OC1CCCN(CC(=O)N(C)C)C1. The Bertz CT molecular complexity index is 1190. The standard InChI is InChI=1S/C24H27ClFN5O3/c1-30(2)22(32)13-31-9-5-6-15(12-31)34-21-10-16-19(11-20(21)33-3)27-14-28-24(16)29-18-8-4-7-17(25)23(18)26/h4,7-8,10-11,14-15H,5-6,9,12-13H2,1-3H3,(H,27,28,29). The fourth-order valence-corrected chi connectivity index (χ4v) is 4.08. The van der Waals surface area contributed by atoms with Crippen molar-refractivity contribution in [2.45, 2.75) is 18.9 Å². The van der Waals surface area contributed by atoms with Gasteiger partial charge in [-0.05, 0) is 37.6 Å². The van der Waals surface area contributed by atoms with E-state index in [4.69, 9.17) is 21.1 Å². The number of carbonyl (C=O) groups is 1. The predicted octanol–water partition coefficient (Wildman–Crippen LogP) is 4.11. The normalized spacial score (nSPS) is 16.3. The van der Waals surface area contributed by atoms with E-state index in [1.54, 1.807) is 50.4 Å². The number of aromatic nitrogens is 2. The van der Waals surface area contributed by atoms with Gasteiger partial charge in [-0.15, -0.1) is 0 Å². The van der Waals surface area contributed by atoms with Crippen molar-refractivity contribution in [2.24, 2.45) is 0 Å². The molecule has 1 aliphatic rings. The van der Waals surface area contributed by atoms with Crippen molar-refractivity contribution in [3.8, 4) is 11.5 Å². The van der Waals surface area contributed by atoms with Gasteiger partial charge in [-0.3, -0.25) is 9.69 Å². The Labute approximate surface area is 202 Å². The third-order valence-electron chi connectivity index (χ3n) is 5.74. The summed E-state index contributed by atoms with van der Waals surface area (Å²) in [6.45, 7) is 1.83. The van der Waals surface area contributed by atoms with E-state index in [1.165, 1.54) is 12.4 Å². The Morgan fingerprint density at radius 3 is 2.88 bits per heavy atom. The van der Waals surface area contributed by atoms with Gasteiger partial charge in [0.1, 0.15) is 18.2 Å². The number of fused-ring (bicyclic) bond motifs is 1. The second kappa shape index (κ2) is 10.4. The first-order valence-corrected chi connectivity index (χ1v) is 11.4. The summed E-state index contributed by atoms with van der Waals surface area (Å²) in [7, 11) is 5.07. The van der Waals surface area contributed by atoms with E-state index in [0.29, 0.717) is 41.3 Å². The van der Waals surface area contributed by atoms with Gasteiger partial charge in [-0.2, -0.15) is 0 Å². The number of hydrogen-bond donors (Lipinski definition) is 1. The summed E-state index contributed by atoms with van der Waals surface area (Å²) < 4.78 is 26.3. The van der Waals surface area contributed by atoms with Gasteiger partial charge in [0.05, 0.1) is 29.9 Å². The molecule has 34 heavy (non-hydrogen) atoms. The minimum atomic E-state index is -0.560. The van der Waals surface area contributed by atoms with Crippen LogP contribution in [0.3, 0.4) is 0 Å². The van der Waals surface area contributed by atoms with Gasteiger partial charge in [0.2, 0.25) is 5.91 Å². The van der Waals surface area contributed by atoms with Gasteiger partial charge in [0, 0.05) is 32.1 Å². The third kappa shape index (κ3) is 5.31. The average Bonchev–Trinajstić information content (AvgIpc) is 2.82. The summed E-state index contributed by atoms with van der Waals surface area (Å²) in [6, 6.07) is 8.29. The maximum atomic E-state index is 14.5. The summed E-state index contributed by atoms with van der Waals surface area (Å²) in [5, 5.41) is 3.67. The number of hydrogen-bond acceptors (Lipinski definition) is 7. The van der Waals surface area contributed by atoms with Gasteiger partial charge in [-0.25, -0.2) is 14.4 Å². The molecule has 1 atom stereocenters. The van der Waals surface area contributed by atoms with Crippen LogP contribution in [0.2, 0.25) is 5.02 Å². The van der Waals surface area contributed by atoms with Crippen LogP contribution in [0.25, 0.3) is 10.9 Å². The highest BCUT2D eigenvalue weighted by Crippen LogP contribution is 2.36. The van der Waals surface area contributed by atoms with Crippen LogP contribution >= 0.6 is 11.6 Å². The highest BCUT2D eigenvalue weighted by molar-refractivity contribution is 6.31. The summed E-state index contributed by atoms with van der Waals surface area (Å²) >= 11 is 5.92. The van der Waals surface area contributed by atoms with Crippen LogP contribution in [0, 0.1) is 5.82 Å². The zero-order valence-electron chi connectivity index (χ0n) is 19.3. The van der Waals surface area contributed by atoms with Crippen molar-refractivity contribution >= 4 is 39.9 Å². The number of nitrogens with zero attached hydrogens (tertiary/aromatic N) is 4. The molecule has 4 rings (SSSR count). The van der Waals surface area contributed by atoms with Crippen LogP contribution in [0.15, 0.2) is 36.7 Å². The second-order valence-corrected chi connectivity index (χ2v) is 8.78. The van der Waals surface area contributed by atoms with Crippen LogP contribution in [0.4, 0.5) is 15.9 Å². The first-order chi connectivity index (χ1) is 16.4. The molecule has 1 unspecified atom stereocenters. The molecule has 1 aromatic heterocycles. The lowest BCUT2D eigenvalue weighted by Gasteiger charge is -2.33. The molecule has 10 heteroatoms. The van der Waals surface area contributed by atoms with Gasteiger partial charge in [0.25, 0.3) is 0 Å². The highest BCUT2D eigenvalue weighted by Gasteiger charge is 2.25. The molecule has 2 aromatic carbocycles. The Morgan fingerprint density at radius 1 is 1.29 bits per heavy atom. The number of anilines is 2. The van der Waals surface area contributed by atoms with E-state index in [0.717, 1.165) is 19.4 Å². The van der Waals surface area contributed by atoms with Crippen molar-refractivity contribution in [3.63, 3.8) is 0 Å². The number of carbonyl (C=O) groups excluding carboxylic acids is 1. The zero-order valence-corrected chi connectivity index (χ0v) is 20.1. The summed E-state index contributed by atoms with van der Waals surface area (Å²) in [5.74, 6) is 0.985. The first-order valence-electron chi connectivity index (χ1n) is 11.0. The second-order valence-electron chi connectivity index (χ2n) is 8.37. The minimum Gasteiger partial charge on any atom is -0.493 e. The number of likely N-dealkylation sites (N-methyl/N-ethyl adjacent to an activating group) is 1. The number of piperidine rings is 1. The van der Waals surface area contributed by atoms with Crippen molar-refractivity contribution in [1.82, 2.24) is 19.8 Å². The molecule has 1 aliphatic heterocycles. The van der Waals surface area contributed by atoms with Crippen LogP contribution in [0.1, 0.15) is 12.8 Å². The molecule has 180 valence electrons. The quantitative estimate of drug-likeness (QED) is 0.537. The Kier molecular flexibility index (Phi) is 7.33. The number of halogens is 2. The molecule has 8 nitrogen and oxygen atoms in total. The Hall–Kier alpha value is -3.17. The monoisotopic (exact) mass is 487 g/mol. The van der Waals surface area contributed by atoms with E-state index >= 15 is 0 Å². The number of ether oxygens (including phenoxy) is 2. The molecule has 1 fully saturated rings. The lowest BCUT2D eigenvalue weighted by Crippen LogP contribution is -2.45. The Morgan fingerprint density at radius 2 is 2.12 bits per heavy atom. The molecular formula is C24H27ClFN5O3. The van der Waals surface area contributed by atoms with Gasteiger partial charge in [0.15, 0.2) is 17.3 Å². The first kappa shape index (κ1) is 24.0. The number of benzene rings is 2. The van der Waals surface area contributed by atoms with Gasteiger partial charge < -0.3 is 19.7 Å². The molecule has 1 saturated heterocycles. The zero-order chi connectivity index (χ0) is 24.2. The van der Waals surface area contributed by atoms with E-state index < -0.39 is 5.82 Å². The van der Waals surface area contributed by atoms with Crippen molar-refractivity contribution in [3.05, 3.63) is 47.5 Å². The molecule has 0 aliphatic carbocycles. The van der Waals surface area contributed by atoms with E-state index in [9.17, 15) is 9.18 Å². The summed E-state index contributed by atoms with van der Waals surface area (Å²) in [6.07, 6.45) is 3.07. The molecule has 3 aromatic rings. The van der Waals surface area contributed by atoms with E-state index in [2.05, 4.69) is 20.2 Å². The van der Waals surface area contributed by atoms with Gasteiger partial charge in [-0.1, -0.05) is 17.7 Å². The fraction of sp³-hybridized carbons (Fsp3) is 0.375. The maximum absolute atomic E-state index is 14.5. The molecule has 0 radical (unpaired) electrons. The lowest BCUT2D eigenvalue weighted by molar-refractivity contribution is -0.130. The average molecular weight is 488 g/mol. The molecular weight excluding hydrogens is 461 g/mol. The van der Waals surface area contributed by atoms with Crippen molar-refractivity contribution in [2.75, 3.05) is 46.2 Å². The molecule has 1 amide bonds. The fourth-order valence-electron chi connectivity index (χ4n) is 3.91. The lowest BCUT2D eigenvalue weighted by atomic mass is 10.1. The van der Waals surface area contributed by atoms with Crippen molar-refractivity contribution < 1.29 is 18.7 Å². The number of amides is 1. The number of nitrogens with one attached hydrogen (secondary N) is 1. The number of likely N-dealkylation sites (tertiary alicyclic amines) is 1. The highest BCUT2D eigenvalue weighted by atomic mass is 35.5. The van der Waals surface area contributed by atoms with Crippen LogP contribution in [0.5, 0.6) is 11.5 Å².